The van der Waals surface area contributed by atoms with E-state index in [1.54, 1.807) is 11.9 Å². The van der Waals surface area contributed by atoms with Crippen molar-refractivity contribution in [3.63, 3.8) is 0 Å². The summed E-state index contributed by atoms with van der Waals surface area (Å²) in [6, 6.07) is -0.0511. The van der Waals surface area contributed by atoms with E-state index in [0.717, 1.165) is 0 Å². The van der Waals surface area contributed by atoms with Gasteiger partial charge in [-0.15, -0.1) is 0 Å². The number of nitrogens with zero attached hydrogens (tertiary/aromatic N) is 2. The zero-order chi connectivity index (χ0) is 16.0. The summed E-state index contributed by atoms with van der Waals surface area (Å²) in [6.45, 7) is 10.2. The Bertz CT molecular complexity index is 319. The molecule has 20 heavy (non-hydrogen) atoms. The second kappa shape index (κ2) is 8.25. The summed E-state index contributed by atoms with van der Waals surface area (Å²) in [6.07, 6.45) is 0. The van der Waals surface area contributed by atoms with E-state index >= 15 is 0 Å². The van der Waals surface area contributed by atoms with Crippen LogP contribution in [-0.4, -0.2) is 61.4 Å². The summed E-state index contributed by atoms with van der Waals surface area (Å²) in [4.78, 5) is 27.8. The van der Waals surface area contributed by atoms with Crippen molar-refractivity contribution in [2.24, 2.45) is 11.8 Å². The van der Waals surface area contributed by atoms with Crippen molar-refractivity contribution in [3.05, 3.63) is 0 Å². The van der Waals surface area contributed by atoms with Crippen molar-refractivity contribution in [2.45, 2.75) is 46.7 Å². The van der Waals surface area contributed by atoms with Gasteiger partial charge in [-0.3, -0.25) is 14.5 Å². The number of rotatable bonds is 7. The first-order chi connectivity index (χ1) is 9.09. The fourth-order valence-corrected chi connectivity index (χ4v) is 2.20. The molecule has 1 N–H and O–H groups in total. The van der Waals surface area contributed by atoms with Crippen LogP contribution in [0.3, 0.4) is 0 Å². The number of carbonyl (C=O) groups is 2. The van der Waals surface area contributed by atoms with Gasteiger partial charge in [0.25, 0.3) is 0 Å². The van der Waals surface area contributed by atoms with Crippen molar-refractivity contribution < 1.29 is 9.59 Å². The number of nitrogens with one attached hydrogen (secondary N) is 1. The molecule has 2 atom stereocenters. The molecule has 0 heterocycles. The molecule has 0 aromatic carbocycles. The Hall–Kier alpha value is -1.10. The molecule has 0 saturated heterocycles. The largest absolute Gasteiger partial charge is 0.346 e. The number of likely N-dealkylation sites (N-methyl/N-ethyl adjacent to an activating group) is 2. The van der Waals surface area contributed by atoms with Crippen LogP contribution in [-0.2, 0) is 9.59 Å². The highest BCUT2D eigenvalue weighted by Gasteiger charge is 2.25. The summed E-state index contributed by atoms with van der Waals surface area (Å²) >= 11 is 0. The van der Waals surface area contributed by atoms with E-state index in [2.05, 4.69) is 19.2 Å². The predicted molar refractivity (Wildman–Crippen MR) is 82.4 cm³/mol. The molecule has 118 valence electrons. The molecular weight excluding hydrogens is 254 g/mol. The van der Waals surface area contributed by atoms with Gasteiger partial charge in [-0.25, -0.2) is 0 Å². The first-order valence-electron chi connectivity index (χ1n) is 7.29. The molecule has 0 radical (unpaired) electrons. The maximum Gasteiger partial charge on any atom is 0.241 e. The molecule has 0 rings (SSSR count). The Morgan fingerprint density at radius 3 is 1.80 bits per heavy atom. The fourth-order valence-electron chi connectivity index (χ4n) is 2.20. The van der Waals surface area contributed by atoms with Crippen molar-refractivity contribution in [3.8, 4) is 0 Å². The van der Waals surface area contributed by atoms with Crippen molar-refractivity contribution in [1.82, 2.24) is 15.1 Å². The molecule has 0 aliphatic heterocycles. The maximum absolute atomic E-state index is 12.1. The third-order valence-electron chi connectivity index (χ3n) is 3.84. The second-order valence-corrected chi connectivity index (χ2v) is 6.36. The third kappa shape index (κ3) is 5.49. The first-order valence-corrected chi connectivity index (χ1v) is 7.29. The average Bonchev–Trinajstić information content (AvgIpc) is 2.32. The number of amides is 2. The van der Waals surface area contributed by atoms with E-state index in [0.29, 0.717) is 5.92 Å². The van der Waals surface area contributed by atoms with E-state index < -0.39 is 0 Å². The van der Waals surface area contributed by atoms with Crippen LogP contribution in [0.15, 0.2) is 0 Å². The van der Waals surface area contributed by atoms with Gasteiger partial charge in [-0.2, -0.15) is 0 Å². The molecule has 5 nitrogen and oxygen atoms in total. The zero-order valence-electron chi connectivity index (χ0n) is 14.2. The van der Waals surface area contributed by atoms with Gasteiger partial charge in [0.1, 0.15) is 0 Å². The Labute approximate surface area is 123 Å². The Kier molecular flexibility index (Phi) is 7.79. The summed E-state index contributed by atoms with van der Waals surface area (Å²) in [7, 11) is 5.53. The minimum absolute atomic E-state index is 0.0548. The van der Waals surface area contributed by atoms with Crippen LogP contribution >= 0.6 is 0 Å². The van der Waals surface area contributed by atoms with Crippen LogP contribution < -0.4 is 5.32 Å². The molecule has 0 aliphatic carbocycles. The lowest BCUT2D eigenvalue weighted by Crippen LogP contribution is -2.50. The standard InChI is InChI=1S/C15H31N3O2/c1-10(2)12(5)18(8)13(19)9-16-15(20)14(11(3)4)17(6)7/h10-12,14H,9H2,1-8H3,(H,16,20). The second-order valence-electron chi connectivity index (χ2n) is 6.36. The number of hydrogen-bond donors (Lipinski definition) is 1. The lowest BCUT2D eigenvalue weighted by molar-refractivity contribution is -0.135. The Morgan fingerprint density at radius 1 is 0.950 bits per heavy atom. The van der Waals surface area contributed by atoms with E-state index in [1.165, 1.54) is 0 Å². The molecule has 0 aromatic rings. The Morgan fingerprint density at radius 2 is 1.45 bits per heavy atom. The van der Waals surface area contributed by atoms with Crippen LogP contribution in [0.25, 0.3) is 0 Å². The van der Waals surface area contributed by atoms with Crippen molar-refractivity contribution in [1.29, 1.82) is 0 Å². The SMILES string of the molecule is CC(C)C(C(=O)NCC(=O)N(C)C(C)C(C)C)N(C)C. The highest BCUT2D eigenvalue weighted by Crippen LogP contribution is 2.09. The first kappa shape index (κ1) is 18.9. The lowest BCUT2D eigenvalue weighted by atomic mass is 10.0. The van der Waals surface area contributed by atoms with Gasteiger partial charge >= 0.3 is 0 Å². The van der Waals surface area contributed by atoms with E-state index in [1.807, 2.05) is 39.8 Å². The van der Waals surface area contributed by atoms with Crippen molar-refractivity contribution >= 4 is 11.8 Å². The molecule has 0 fully saturated rings. The molecule has 5 heteroatoms. The zero-order valence-corrected chi connectivity index (χ0v) is 14.2. The van der Waals surface area contributed by atoms with Crippen LogP contribution in [0.1, 0.15) is 34.6 Å². The topological polar surface area (TPSA) is 52.7 Å². The number of carbonyl (C=O) groups excluding carboxylic acids is 2. The van der Waals surface area contributed by atoms with Gasteiger partial charge in [0, 0.05) is 13.1 Å². The smallest absolute Gasteiger partial charge is 0.241 e. The van der Waals surface area contributed by atoms with Crippen LogP contribution in [0.4, 0.5) is 0 Å². The minimum atomic E-state index is -0.212. The Balaban J connectivity index is 4.47. The van der Waals surface area contributed by atoms with Crippen LogP contribution in [0.5, 0.6) is 0 Å². The molecule has 0 saturated carbocycles. The van der Waals surface area contributed by atoms with Crippen LogP contribution in [0, 0.1) is 11.8 Å². The third-order valence-corrected chi connectivity index (χ3v) is 3.84. The highest BCUT2D eigenvalue weighted by molar-refractivity contribution is 5.87. The maximum atomic E-state index is 12.1. The fraction of sp³-hybridized carbons (Fsp3) is 0.867. The molecule has 0 aliphatic rings. The normalized spacial score (nSPS) is 14.6. The quantitative estimate of drug-likeness (QED) is 0.764. The van der Waals surface area contributed by atoms with Crippen LogP contribution in [0.2, 0.25) is 0 Å². The van der Waals surface area contributed by atoms with Gasteiger partial charge in [0.2, 0.25) is 11.8 Å². The monoisotopic (exact) mass is 285 g/mol. The van der Waals surface area contributed by atoms with Gasteiger partial charge in [-0.05, 0) is 32.9 Å². The van der Waals surface area contributed by atoms with Gasteiger partial charge in [-0.1, -0.05) is 27.7 Å². The van der Waals surface area contributed by atoms with E-state index in [-0.39, 0.29) is 36.4 Å². The predicted octanol–water partition coefficient (Wildman–Crippen LogP) is 1.19. The molecule has 0 bridgehead atoms. The lowest BCUT2D eigenvalue weighted by Gasteiger charge is -2.29. The van der Waals surface area contributed by atoms with Gasteiger partial charge < -0.3 is 10.2 Å². The molecular formula is C15H31N3O2. The highest BCUT2D eigenvalue weighted by atomic mass is 16.2. The molecule has 2 amide bonds. The molecule has 0 aromatic heterocycles. The number of hydrogen-bond acceptors (Lipinski definition) is 3. The minimum Gasteiger partial charge on any atom is -0.346 e. The van der Waals surface area contributed by atoms with Gasteiger partial charge in [0.05, 0.1) is 12.6 Å². The molecule has 2 unspecified atom stereocenters. The van der Waals surface area contributed by atoms with Gasteiger partial charge in [0.15, 0.2) is 0 Å². The van der Waals surface area contributed by atoms with E-state index in [9.17, 15) is 9.59 Å². The average molecular weight is 285 g/mol. The summed E-state index contributed by atoms with van der Waals surface area (Å²) in [5.74, 6) is 0.446. The molecule has 0 spiro atoms. The van der Waals surface area contributed by atoms with E-state index in [4.69, 9.17) is 0 Å². The summed E-state index contributed by atoms with van der Waals surface area (Å²) in [5, 5.41) is 2.75. The summed E-state index contributed by atoms with van der Waals surface area (Å²) < 4.78 is 0. The summed E-state index contributed by atoms with van der Waals surface area (Å²) in [5.41, 5.74) is 0. The van der Waals surface area contributed by atoms with Crippen molar-refractivity contribution in [2.75, 3.05) is 27.7 Å².